The van der Waals surface area contributed by atoms with Crippen molar-refractivity contribution in [2.24, 2.45) is 11.8 Å². The van der Waals surface area contributed by atoms with Gasteiger partial charge >= 0.3 is 217 Å². The maximum Gasteiger partial charge on any atom is -1.00 e. The van der Waals surface area contributed by atoms with Crippen molar-refractivity contribution in [3.63, 3.8) is 0 Å². The van der Waals surface area contributed by atoms with E-state index in [1.807, 2.05) is 6.56 Å². The molecule has 0 saturated carbocycles. The van der Waals surface area contributed by atoms with Gasteiger partial charge in [-0.15, -0.1) is 0 Å². The van der Waals surface area contributed by atoms with Crippen LogP contribution in [0.3, 0.4) is 0 Å². The van der Waals surface area contributed by atoms with Crippen molar-refractivity contribution in [3.05, 3.63) is 101 Å². The summed E-state index contributed by atoms with van der Waals surface area (Å²) in [6, 6.07) is 18.5. The van der Waals surface area contributed by atoms with E-state index in [2.05, 4.69) is 115 Å². The van der Waals surface area contributed by atoms with Crippen LogP contribution in [0.1, 0.15) is 63.8 Å². The third kappa shape index (κ3) is 6.04. The van der Waals surface area contributed by atoms with Crippen molar-refractivity contribution in [1.82, 2.24) is 0 Å². The summed E-state index contributed by atoms with van der Waals surface area (Å²) in [7, 11) is 0. The van der Waals surface area contributed by atoms with E-state index in [0.717, 1.165) is 12.8 Å². The molecule has 190 valence electrons. The first-order chi connectivity index (χ1) is 16.3. The first-order valence-electron chi connectivity index (χ1n) is 13.0. The van der Waals surface area contributed by atoms with Crippen molar-refractivity contribution < 1.29 is 45.2 Å². The molecule has 0 N–H and O–H groups in total. The Morgan fingerprint density at radius 1 is 0.694 bits per heavy atom. The fraction of sp³-hybridized carbons (Fsp3) is 0.375. The number of halogens is 2. The molecule has 2 unspecified atom stereocenters. The molecule has 0 saturated heterocycles. The van der Waals surface area contributed by atoms with Crippen LogP contribution in [0, 0.1) is 11.8 Å². The maximum absolute atomic E-state index is 2.60. The molecule has 0 spiro atoms. The van der Waals surface area contributed by atoms with Crippen molar-refractivity contribution in [2.45, 2.75) is 67.5 Å². The van der Waals surface area contributed by atoms with Crippen molar-refractivity contribution in [1.29, 1.82) is 0 Å². The summed E-state index contributed by atoms with van der Waals surface area (Å²) >= 11 is -2.01. The Hall–Kier alpha value is -0.920. The summed E-state index contributed by atoms with van der Waals surface area (Å²) in [5.41, 5.74) is 11.6. The van der Waals surface area contributed by atoms with Gasteiger partial charge in [0.05, 0.1) is 0 Å². The predicted octanol–water partition coefficient (Wildman–Crippen LogP) is 3.00. The van der Waals surface area contributed by atoms with Crippen molar-refractivity contribution in [3.8, 4) is 0 Å². The number of hydrogen-bond acceptors (Lipinski definition) is 0. The third-order valence-electron chi connectivity index (χ3n) is 7.69. The van der Waals surface area contributed by atoms with E-state index >= 15 is 0 Å². The molecule has 2 aliphatic carbocycles. The largest absolute Gasteiger partial charge is 1.00 e. The van der Waals surface area contributed by atoms with Crippen LogP contribution in [-0.4, -0.2) is 5.43 Å². The maximum atomic E-state index is 2.60. The summed E-state index contributed by atoms with van der Waals surface area (Å²) in [6.07, 6.45) is 7.36. The first kappa shape index (κ1) is 31.3. The van der Waals surface area contributed by atoms with Gasteiger partial charge in [-0.1, -0.05) is 0 Å². The zero-order valence-corrected chi connectivity index (χ0v) is 28.1. The molecule has 0 aromatic heterocycles. The van der Waals surface area contributed by atoms with Crippen LogP contribution in [-0.2, 0) is 33.2 Å². The Morgan fingerprint density at radius 3 is 1.42 bits per heavy atom. The first-order valence-corrected chi connectivity index (χ1v) is 21.6. The topological polar surface area (TPSA) is 0 Å². The average Bonchev–Trinajstić information content (AvgIpc) is 3.29. The molecule has 2 aliphatic rings. The van der Waals surface area contributed by atoms with Gasteiger partial charge in [-0.2, -0.15) is 0 Å². The smallest absolute Gasteiger partial charge is 1.00 e. The van der Waals surface area contributed by atoms with Crippen LogP contribution >= 0.6 is 0 Å². The van der Waals surface area contributed by atoms with Gasteiger partial charge in [0.25, 0.3) is 0 Å². The van der Waals surface area contributed by atoms with Crippen LogP contribution in [0.15, 0.2) is 78.4 Å². The van der Waals surface area contributed by atoms with E-state index in [9.17, 15) is 0 Å². The number of aryl methyl sites for hydroxylation is 2. The van der Waals surface area contributed by atoms with Gasteiger partial charge in [-0.05, 0) is 0 Å². The second kappa shape index (κ2) is 13.2. The minimum absolute atomic E-state index is 0. The van der Waals surface area contributed by atoms with Crippen molar-refractivity contribution >= 4 is 16.6 Å². The van der Waals surface area contributed by atoms with Crippen LogP contribution in [0.5, 0.6) is 0 Å². The van der Waals surface area contributed by atoms with E-state index in [1.54, 1.807) is 11.1 Å². The van der Waals surface area contributed by atoms with E-state index in [4.69, 9.17) is 0 Å². The van der Waals surface area contributed by atoms with Gasteiger partial charge in [0, 0.05) is 0 Å². The molecular formula is C32H40Cl2SiZr. The predicted molar refractivity (Wildman–Crippen MR) is 149 cm³/mol. The summed E-state index contributed by atoms with van der Waals surface area (Å²) in [4.78, 5) is 0. The Balaban J connectivity index is 0.00000228. The van der Waals surface area contributed by atoms with Crippen LogP contribution in [0.4, 0.5) is 0 Å². The second-order valence-corrected chi connectivity index (χ2v) is 27.1. The molecule has 0 aliphatic heterocycles. The standard InChI is InChI=1S/2C15H17.C2H6Si.2ClH.Zr/c2*1-4-13-6-5-7-14(10-13)15-9-11(2)8-12(15)3;1-3-2;;;/h2*5-7,9-11H,4H2,1-3H3;1-2H3;2*1H;/q;;;;;+2/p-2. The van der Waals surface area contributed by atoms with Gasteiger partial charge in [-0.25, -0.2) is 0 Å². The van der Waals surface area contributed by atoms with Gasteiger partial charge < -0.3 is 24.8 Å². The minimum atomic E-state index is -2.01. The molecule has 0 amide bonds. The van der Waals surface area contributed by atoms with Crippen LogP contribution in [0.2, 0.25) is 13.1 Å². The Bertz CT molecular complexity index is 1200. The molecule has 0 bridgehead atoms. The van der Waals surface area contributed by atoms with Crippen molar-refractivity contribution in [2.75, 3.05) is 0 Å². The van der Waals surface area contributed by atoms with Gasteiger partial charge in [-0.3, -0.25) is 0 Å². The summed E-state index contributed by atoms with van der Waals surface area (Å²) < 4.78 is 3.74. The minimum Gasteiger partial charge on any atom is -1.00 e. The molecular weight excluding hydrogens is 575 g/mol. The fourth-order valence-corrected chi connectivity index (χ4v) is 25.7. The second-order valence-electron chi connectivity index (χ2n) is 10.3. The zero-order valence-electron chi connectivity index (χ0n) is 23.1. The number of hydrogen-bond donors (Lipinski definition) is 0. The molecule has 0 heterocycles. The molecule has 36 heavy (non-hydrogen) atoms. The van der Waals surface area contributed by atoms with E-state index < -0.39 is 20.4 Å². The zero-order chi connectivity index (χ0) is 24.6. The molecule has 4 rings (SSSR count). The Morgan fingerprint density at radius 2 is 1.08 bits per heavy atom. The van der Waals surface area contributed by atoms with Crippen LogP contribution < -0.4 is 24.8 Å². The third-order valence-corrected chi connectivity index (χ3v) is 26.0. The molecule has 0 radical (unpaired) electrons. The molecule has 0 nitrogen and oxygen atoms in total. The van der Waals surface area contributed by atoms with Gasteiger partial charge in [0.15, 0.2) is 0 Å². The summed E-state index contributed by atoms with van der Waals surface area (Å²) in [6.45, 7) is 19.5. The summed E-state index contributed by atoms with van der Waals surface area (Å²) in [5.74, 6) is 1.16. The van der Waals surface area contributed by atoms with Gasteiger partial charge in [0.2, 0.25) is 0 Å². The molecule has 2 aromatic carbocycles. The van der Waals surface area contributed by atoms with E-state index in [1.165, 1.54) is 33.4 Å². The van der Waals surface area contributed by atoms with Crippen LogP contribution in [0.25, 0.3) is 11.1 Å². The molecule has 2 atom stereocenters. The number of benzene rings is 2. The molecule has 2 aromatic rings. The Labute approximate surface area is 240 Å². The number of allylic oxidation sites excluding steroid dienone is 8. The van der Waals surface area contributed by atoms with E-state index in [0.29, 0.717) is 11.8 Å². The molecule has 0 fully saturated rings. The average molecular weight is 615 g/mol. The van der Waals surface area contributed by atoms with Gasteiger partial charge in [0.1, 0.15) is 0 Å². The van der Waals surface area contributed by atoms with E-state index in [-0.39, 0.29) is 30.2 Å². The SMILES string of the molecule is CCc1cccc(C2=CC(C)[C]([Zr+2]([C]3=C(C)C(c4cccc(CC)c4)=CC3C)=[Si](C)C)=C2C)c1.[Cl-].[Cl-]. The normalized spacial score (nSPS) is 18.8. The number of rotatable bonds is 6. The Kier molecular flexibility index (Phi) is 11.5. The molecule has 4 heteroatoms. The monoisotopic (exact) mass is 612 g/mol. The quantitative estimate of drug-likeness (QED) is 0.439. The summed E-state index contributed by atoms with van der Waals surface area (Å²) in [5, 5.41) is 0. The fourth-order valence-electron chi connectivity index (χ4n) is 5.95.